The molecule has 3 N–H and O–H groups in total. The maximum Gasteiger partial charge on any atom is 0.338 e. The molecular weight excluding hydrogens is 284 g/mol. The SMILES string of the molecule is COC(CNC(=O)Nc1sc(C)c(C)c1C(=O)O)OC. The first-order chi connectivity index (χ1) is 9.40. The van der Waals surface area contributed by atoms with Gasteiger partial charge >= 0.3 is 12.0 Å². The lowest BCUT2D eigenvalue weighted by atomic mass is 10.1. The van der Waals surface area contributed by atoms with Crippen molar-refractivity contribution in [2.75, 3.05) is 26.1 Å². The highest BCUT2D eigenvalue weighted by atomic mass is 32.1. The number of aryl methyl sites for hydroxylation is 1. The van der Waals surface area contributed by atoms with Gasteiger partial charge in [-0.2, -0.15) is 0 Å². The number of amides is 2. The van der Waals surface area contributed by atoms with Gasteiger partial charge in [0, 0.05) is 19.1 Å². The fourth-order valence-electron chi connectivity index (χ4n) is 1.56. The standard InChI is InChI=1S/C12H18N2O5S/c1-6-7(2)20-10(9(6)11(15)16)14-12(17)13-5-8(18-3)19-4/h8H,5H2,1-4H3,(H,15,16)(H2,13,14,17). The predicted octanol–water partition coefficient (Wildman–Crippen LogP) is 1.80. The van der Waals surface area contributed by atoms with Gasteiger partial charge in [0.2, 0.25) is 0 Å². The van der Waals surface area contributed by atoms with Crippen LogP contribution in [-0.2, 0) is 9.47 Å². The molecule has 0 atom stereocenters. The highest BCUT2D eigenvalue weighted by Gasteiger charge is 2.20. The van der Waals surface area contributed by atoms with Gasteiger partial charge in [0.1, 0.15) is 5.00 Å². The van der Waals surface area contributed by atoms with Gasteiger partial charge < -0.3 is 19.9 Å². The van der Waals surface area contributed by atoms with Crippen LogP contribution in [0.2, 0.25) is 0 Å². The molecule has 8 heteroatoms. The van der Waals surface area contributed by atoms with Gasteiger partial charge in [0.05, 0.1) is 12.1 Å². The lowest BCUT2D eigenvalue weighted by molar-refractivity contribution is -0.0970. The summed E-state index contributed by atoms with van der Waals surface area (Å²) in [7, 11) is 2.92. The van der Waals surface area contributed by atoms with E-state index in [2.05, 4.69) is 10.6 Å². The van der Waals surface area contributed by atoms with Gasteiger partial charge in [0.15, 0.2) is 6.29 Å². The van der Waals surface area contributed by atoms with Crippen LogP contribution in [-0.4, -0.2) is 44.2 Å². The Bertz CT molecular complexity index is 496. The molecule has 2 amide bonds. The number of carboxylic acid groups (broad SMARTS) is 1. The summed E-state index contributed by atoms with van der Waals surface area (Å²) in [6.45, 7) is 3.68. The molecule has 1 rings (SSSR count). The van der Waals surface area contributed by atoms with Crippen molar-refractivity contribution in [3.05, 3.63) is 16.0 Å². The molecule has 0 aliphatic carbocycles. The first-order valence-corrected chi connectivity index (χ1v) is 6.66. The molecule has 0 aromatic carbocycles. The summed E-state index contributed by atoms with van der Waals surface area (Å²) in [6, 6.07) is -0.507. The van der Waals surface area contributed by atoms with Crippen LogP contribution in [0.4, 0.5) is 9.80 Å². The number of carbonyl (C=O) groups excluding carboxylic acids is 1. The third kappa shape index (κ3) is 3.92. The van der Waals surface area contributed by atoms with Crippen LogP contribution >= 0.6 is 11.3 Å². The summed E-state index contributed by atoms with van der Waals surface area (Å²) in [5.41, 5.74) is 0.780. The summed E-state index contributed by atoms with van der Waals surface area (Å²) >= 11 is 1.23. The highest BCUT2D eigenvalue weighted by Crippen LogP contribution is 2.32. The third-order valence-electron chi connectivity index (χ3n) is 2.78. The molecule has 1 aromatic heterocycles. The molecule has 0 saturated heterocycles. The summed E-state index contributed by atoms with van der Waals surface area (Å²) in [5, 5.41) is 14.6. The van der Waals surface area contributed by atoms with Crippen LogP contribution in [0.3, 0.4) is 0 Å². The predicted molar refractivity (Wildman–Crippen MR) is 75.6 cm³/mol. The zero-order valence-electron chi connectivity index (χ0n) is 11.8. The maximum atomic E-state index is 11.7. The third-order valence-corrected chi connectivity index (χ3v) is 3.90. The molecule has 0 fully saturated rings. The van der Waals surface area contributed by atoms with Gasteiger partial charge in [-0.3, -0.25) is 5.32 Å². The van der Waals surface area contributed by atoms with Crippen molar-refractivity contribution in [3.63, 3.8) is 0 Å². The molecule has 0 spiro atoms. The first-order valence-electron chi connectivity index (χ1n) is 5.84. The Hall–Kier alpha value is -1.64. The number of carbonyl (C=O) groups is 2. The van der Waals surface area contributed by atoms with Gasteiger partial charge in [0.25, 0.3) is 0 Å². The Morgan fingerprint density at radius 1 is 1.30 bits per heavy atom. The van der Waals surface area contributed by atoms with Gasteiger partial charge in [-0.05, 0) is 19.4 Å². The molecular formula is C12H18N2O5S. The molecule has 1 heterocycles. The molecule has 0 aliphatic rings. The monoisotopic (exact) mass is 302 g/mol. The number of hydrogen-bond donors (Lipinski definition) is 3. The minimum atomic E-state index is -1.06. The van der Waals surface area contributed by atoms with E-state index in [0.717, 1.165) is 4.88 Å². The Balaban J connectivity index is 2.71. The lowest BCUT2D eigenvalue weighted by Gasteiger charge is -2.14. The van der Waals surface area contributed by atoms with Crippen LogP contribution in [0.1, 0.15) is 20.8 Å². The molecule has 0 unspecified atom stereocenters. The van der Waals surface area contributed by atoms with Crippen LogP contribution < -0.4 is 10.6 Å². The number of nitrogens with one attached hydrogen (secondary N) is 2. The second-order valence-electron chi connectivity index (χ2n) is 4.03. The Morgan fingerprint density at radius 2 is 1.90 bits per heavy atom. The topological polar surface area (TPSA) is 96.9 Å². The first kappa shape index (κ1) is 16.4. The van der Waals surface area contributed by atoms with Crippen molar-refractivity contribution < 1.29 is 24.2 Å². The van der Waals surface area contributed by atoms with Crippen molar-refractivity contribution >= 4 is 28.3 Å². The Kier molecular flexibility index (Phi) is 5.93. The van der Waals surface area contributed by atoms with Gasteiger partial charge in [-0.1, -0.05) is 0 Å². The van der Waals surface area contributed by atoms with Crippen LogP contribution in [0.5, 0.6) is 0 Å². The average molecular weight is 302 g/mol. The lowest BCUT2D eigenvalue weighted by Crippen LogP contribution is -2.36. The van der Waals surface area contributed by atoms with E-state index in [1.54, 1.807) is 13.8 Å². The van der Waals surface area contributed by atoms with E-state index in [4.69, 9.17) is 14.6 Å². The second kappa shape index (κ2) is 7.22. The number of methoxy groups -OCH3 is 2. The van der Waals surface area contributed by atoms with Crippen molar-refractivity contribution in [1.82, 2.24) is 5.32 Å². The fraction of sp³-hybridized carbons (Fsp3) is 0.500. The van der Waals surface area contributed by atoms with Crippen LogP contribution in [0.15, 0.2) is 0 Å². The summed E-state index contributed by atoms with van der Waals surface area (Å²) in [5.74, 6) is -1.06. The molecule has 0 aliphatic heterocycles. The molecule has 0 radical (unpaired) electrons. The van der Waals surface area contributed by atoms with Crippen molar-refractivity contribution in [2.45, 2.75) is 20.1 Å². The number of ether oxygens (including phenoxy) is 2. The van der Waals surface area contributed by atoms with E-state index < -0.39 is 18.3 Å². The molecule has 0 bridgehead atoms. The Labute approximate surface area is 120 Å². The van der Waals surface area contributed by atoms with E-state index in [1.165, 1.54) is 25.6 Å². The number of hydrogen-bond acceptors (Lipinski definition) is 5. The van der Waals surface area contributed by atoms with Gasteiger partial charge in [-0.25, -0.2) is 9.59 Å². The quantitative estimate of drug-likeness (QED) is 0.696. The number of aromatic carboxylic acids is 1. The van der Waals surface area contributed by atoms with E-state index in [0.29, 0.717) is 10.6 Å². The highest BCUT2D eigenvalue weighted by molar-refractivity contribution is 7.16. The molecule has 20 heavy (non-hydrogen) atoms. The zero-order chi connectivity index (χ0) is 15.3. The molecule has 0 saturated carbocycles. The van der Waals surface area contributed by atoms with Crippen molar-refractivity contribution in [1.29, 1.82) is 0 Å². The maximum absolute atomic E-state index is 11.7. The summed E-state index contributed by atoms with van der Waals surface area (Å²) in [4.78, 5) is 23.8. The number of carboxylic acids is 1. The average Bonchev–Trinajstić information content (AvgIpc) is 2.65. The minimum Gasteiger partial charge on any atom is -0.478 e. The normalized spacial score (nSPS) is 10.7. The largest absolute Gasteiger partial charge is 0.478 e. The minimum absolute atomic E-state index is 0.123. The Morgan fingerprint density at radius 3 is 2.40 bits per heavy atom. The summed E-state index contributed by atoms with van der Waals surface area (Å²) in [6.07, 6.45) is -0.550. The van der Waals surface area contributed by atoms with Crippen molar-refractivity contribution in [3.8, 4) is 0 Å². The van der Waals surface area contributed by atoms with Crippen LogP contribution in [0, 0.1) is 13.8 Å². The summed E-state index contributed by atoms with van der Waals surface area (Å²) < 4.78 is 9.86. The van der Waals surface area contributed by atoms with E-state index in [9.17, 15) is 9.59 Å². The molecule has 112 valence electrons. The molecule has 1 aromatic rings. The van der Waals surface area contributed by atoms with E-state index >= 15 is 0 Å². The number of rotatable bonds is 6. The van der Waals surface area contributed by atoms with Crippen molar-refractivity contribution in [2.24, 2.45) is 0 Å². The number of thiophene rings is 1. The van der Waals surface area contributed by atoms with Crippen LogP contribution in [0.25, 0.3) is 0 Å². The zero-order valence-corrected chi connectivity index (χ0v) is 12.6. The smallest absolute Gasteiger partial charge is 0.338 e. The van der Waals surface area contributed by atoms with E-state index in [-0.39, 0.29) is 12.1 Å². The second-order valence-corrected chi connectivity index (χ2v) is 5.25. The van der Waals surface area contributed by atoms with Gasteiger partial charge in [-0.15, -0.1) is 11.3 Å². The number of urea groups is 1. The molecule has 7 nitrogen and oxygen atoms in total. The fourth-order valence-corrected chi connectivity index (χ4v) is 2.61. The number of anilines is 1. The van der Waals surface area contributed by atoms with E-state index in [1.807, 2.05) is 0 Å².